The molecule has 9 aliphatic rings. The number of anilines is 3. The van der Waals surface area contributed by atoms with Gasteiger partial charge in [0.2, 0.25) is 29.5 Å². The highest BCUT2D eigenvalue weighted by molar-refractivity contribution is 6.25. The molecule has 7 amide bonds. The van der Waals surface area contributed by atoms with Crippen LogP contribution >= 0.6 is 0 Å². The summed E-state index contributed by atoms with van der Waals surface area (Å²) in [4.78, 5) is 115. The van der Waals surface area contributed by atoms with Gasteiger partial charge in [-0.1, -0.05) is 24.6 Å². The summed E-state index contributed by atoms with van der Waals surface area (Å²) in [5, 5.41) is 9.43. The molecule has 2 aromatic heterocycles. The monoisotopic (exact) mass is 1050 g/mol. The summed E-state index contributed by atoms with van der Waals surface area (Å²) in [6.07, 6.45) is 15.1. The average molecular weight is 1050 g/mol. The van der Waals surface area contributed by atoms with E-state index in [2.05, 4.69) is 68.4 Å². The largest absolute Gasteiger partial charge is 0.382 e. The highest BCUT2D eigenvalue weighted by Crippen LogP contribution is 2.52. The van der Waals surface area contributed by atoms with Gasteiger partial charge in [-0.3, -0.25) is 43.8 Å². The number of carbonyl (C=O) groups is 7. The van der Waals surface area contributed by atoms with Gasteiger partial charge in [-0.2, -0.15) is 0 Å². The minimum Gasteiger partial charge on any atom is -0.382 e. The normalized spacial score (nSPS) is 27.4. The Morgan fingerprint density at radius 1 is 0.779 bits per heavy atom. The van der Waals surface area contributed by atoms with Crippen molar-refractivity contribution in [1.29, 1.82) is 0 Å². The number of rotatable bonds is 12. The molecule has 1 spiro atoms. The summed E-state index contributed by atoms with van der Waals surface area (Å²) >= 11 is 0. The molecule has 6 aliphatic heterocycles. The number of likely N-dealkylation sites (tertiary alicyclic amines) is 3. The predicted molar refractivity (Wildman–Crippen MR) is 289 cm³/mol. The fourth-order valence-corrected chi connectivity index (χ4v) is 14.4. The molecule has 77 heavy (non-hydrogen) atoms. The van der Waals surface area contributed by atoms with Crippen molar-refractivity contribution in [3.8, 4) is 11.3 Å². The Morgan fingerprint density at radius 3 is 2.27 bits per heavy atom. The van der Waals surface area contributed by atoms with Crippen LogP contribution in [0.5, 0.6) is 0 Å². The number of imidazole rings is 1. The summed E-state index contributed by atoms with van der Waals surface area (Å²) in [6, 6.07) is 13.9. The molecular formula is C59H71N11O7. The van der Waals surface area contributed by atoms with E-state index in [1.54, 1.807) is 18.2 Å². The topological polar surface area (TPSA) is 202 Å². The molecule has 3 aliphatic carbocycles. The van der Waals surface area contributed by atoms with E-state index >= 15 is 4.79 Å². The first-order valence-electron chi connectivity index (χ1n) is 28.9. The minimum absolute atomic E-state index is 0.0173. The zero-order valence-corrected chi connectivity index (χ0v) is 44.4. The van der Waals surface area contributed by atoms with Gasteiger partial charge in [-0.25, -0.2) is 9.97 Å². The summed E-state index contributed by atoms with van der Waals surface area (Å²) in [5.41, 5.74) is 6.10. The lowest BCUT2D eigenvalue weighted by atomic mass is 9.73. The molecule has 0 bridgehead atoms. The predicted octanol–water partition coefficient (Wildman–Crippen LogP) is 6.79. The van der Waals surface area contributed by atoms with E-state index in [1.807, 2.05) is 16.1 Å². The fourth-order valence-electron chi connectivity index (χ4n) is 14.4. The minimum atomic E-state index is -1.04. The van der Waals surface area contributed by atoms with Gasteiger partial charge in [0.15, 0.2) is 5.82 Å². The third-order valence-electron chi connectivity index (χ3n) is 19.0. The molecule has 2 aromatic carbocycles. The number of pyridine rings is 1. The van der Waals surface area contributed by atoms with Gasteiger partial charge in [0.25, 0.3) is 11.8 Å². The number of carbonyl (C=O) groups excluding carboxylic acids is 7. The number of nitrogens with zero attached hydrogens (tertiary/aromatic N) is 8. The van der Waals surface area contributed by atoms with Crippen LogP contribution in [0.4, 0.5) is 17.2 Å². The molecule has 2 atom stereocenters. The number of amides is 7. The standard InChI is InChI=1S/C59H71N11O7/c1-34(2)68-33-60-46-31-45(63-53(52(46)68)62-39-14-15-39)37-11-16-43-48(28-37)69(41-29-40(30-41)65-22-4-3-5-23-65)58(77)59(43)20-25-66(26-21-59)50(72)27-35-19-24-67(32-35)55(74)36-9-12-38(13-10-36)61-44-8-6-7-42-51(44)57(76)70(56(42)75)47-17-18-49(71)64-54(47)73/h6-8,11,16,28,31,33-36,38-41,47,61H,3-5,9-10,12-15,17-27,29-30,32H2,1-2H3,(H,62,63)(H,64,71,73)/t35-,36-,38-,40-,41+,47?/m0/s1. The van der Waals surface area contributed by atoms with Gasteiger partial charge in [0, 0.05) is 92.1 Å². The van der Waals surface area contributed by atoms with Crippen molar-refractivity contribution in [2.24, 2.45) is 11.8 Å². The lowest BCUT2D eigenvalue weighted by Gasteiger charge is -2.48. The van der Waals surface area contributed by atoms with E-state index in [1.165, 1.54) is 19.3 Å². The molecular weight excluding hydrogens is 975 g/mol. The molecule has 404 valence electrons. The maximum atomic E-state index is 15.2. The first kappa shape index (κ1) is 49.9. The van der Waals surface area contributed by atoms with Crippen LogP contribution in [0, 0.1) is 11.8 Å². The second-order valence-electron chi connectivity index (χ2n) is 24.1. The van der Waals surface area contributed by atoms with Crippen LogP contribution in [0.3, 0.4) is 0 Å². The Bertz CT molecular complexity index is 3080. The molecule has 4 aromatic rings. The SMILES string of the molecule is CC(C)n1cnc2cc(-c3ccc4c(c3)N([C@H]3C[C@@H](N5CCCCC5)C3)C(=O)C43CCN(C(=O)C[C@@H]4CCN(C(=O)[C@H]5CC[C@H](Nc6cccc7c6C(=O)N(C6CCC(=O)NC6=O)C7=O)CC5)C4)CC3)nc(NC3CC3)c21. The van der Waals surface area contributed by atoms with Crippen LogP contribution in [0.15, 0.2) is 48.8 Å². The average Bonchev–Trinajstić information content (AvgIpc) is 3.76. The lowest BCUT2D eigenvalue weighted by Crippen LogP contribution is -2.58. The van der Waals surface area contributed by atoms with Gasteiger partial charge in [0.05, 0.1) is 34.1 Å². The van der Waals surface area contributed by atoms with Crippen molar-refractivity contribution in [3.05, 3.63) is 65.5 Å². The lowest BCUT2D eigenvalue weighted by molar-refractivity contribution is -0.137. The van der Waals surface area contributed by atoms with E-state index in [-0.39, 0.29) is 71.7 Å². The quantitative estimate of drug-likeness (QED) is 0.126. The fraction of sp³-hybridized carbons (Fsp3) is 0.576. The molecule has 8 heterocycles. The third kappa shape index (κ3) is 8.86. The summed E-state index contributed by atoms with van der Waals surface area (Å²) in [6.45, 7) is 8.80. The van der Waals surface area contributed by atoms with E-state index in [0.29, 0.717) is 88.9 Å². The Hall–Kier alpha value is -6.69. The molecule has 3 N–H and O–H groups in total. The molecule has 18 heteroatoms. The van der Waals surface area contributed by atoms with Gasteiger partial charge in [0.1, 0.15) is 11.6 Å². The van der Waals surface area contributed by atoms with Crippen molar-refractivity contribution < 1.29 is 33.6 Å². The number of benzene rings is 2. The Labute approximate surface area is 449 Å². The highest BCUT2D eigenvalue weighted by Gasteiger charge is 2.56. The molecule has 18 nitrogen and oxygen atoms in total. The zero-order valence-electron chi connectivity index (χ0n) is 44.4. The smallest absolute Gasteiger partial charge is 0.264 e. The van der Waals surface area contributed by atoms with Crippen molar-refractivity contribution in [3.63, 3.8) is 0 Å². The number of aromatic nitrogens is 3. The summed E-state index contributed by atoms with van der Waals surface area (Å²) in [5.74, 6) is -0.952. The van der Waals surface area contributed by atoms with Gasteiger partial charge >= 0.3 is 0 Å². The highest BCUT2D eigenvalue weighted by atomic mass is 16.2. The molecule has 0 radical (unpaired) electrons. The first-order valence-corrected chi connectivity index (χ1v) is 28.9. The van der Waals surface area contributed by atoms with E-state index in [0.717, 1.165) is 89.5 Å². The van der Waals surface area contributed by atoms with Crippen LogP contribution in [0.2, 0.25) is 0 Å². The molecule has 13 rings (SSSR count). The van der Waals surface area contributed by atoms with Crippen LogP contribution in [-0.4, -0.2) is 145 Å². The van der Waals surface area contributed by atoms with Crippen molar-refractivity contribution in [2.75, 3.05) is 54.8 Å². The number of fused-ring (bicyclic) bond motifs is 4. The zero-order chi connectivity index (χ0) is 52.9. The molecule has 7 fully saturated rings. The summed E-state index contributed by atoms with van der Waals surface area (Å²) < 4.78 is 2.19. The first-order chi connectivity index (χ1) is 37.3. The van der Waals surface area contributed by atoms with Crippen molar-refractivity contribution in [1.82, 2.24) is 39.5 Å². The van der Waals surface area contributed by atoms with E-state index < -0.39 is 35.1 Å². The van der Waals surface area contributed by atoms with Gasteiger partial charge in [-0.15, -0.1) is 0 Å². The van der Waals surface area contributed by atoms with Gasteiger partial charge < -0.3 is 34.8 Å². The number of imide groups is 2. The second-order valence-corrected chi connectivity index (χ2v) is 24.1. The second kappa shape index (κ2) is 19.6. The Balaban J connectivity index is 0.643. The van der Waals surface area contributed by atoms with E-state index in [4.69, 9.17) is 9.97 Å². The van der Waals surface area contributed by atoms with Crippen molar-refractivity contribution in [2.45, 2.75) is 165 Å². The van der Waals surface area contributed by atoms with Crippen molar-refractivity contribution >= 4 is 69.6 Å². The molecule has 1 unspecified atom stereocenters. The van der Waals surface area contributed by atoms with Gasteiger partial charge in [-0.05, 0) is 153 Å². The van der Waals surface area contributed by atoms with Crippen LogP contribution < -0.4 is 20.9 Å². The number of nitrogens with one attached hydrogen (secondary N) is 3. The van der Waals surface area contributed by atoms with Crippen LogP contribution in [0.25, 0.3) is 22.3 Å². The molecule has 3 saturated carbocycles. The number of piperidine rings is 3. The molecule has 4 saturated heterocycles. The maximum Gasteiger partial charge on any atom is 0.264 e. The summed E-state index contributed by atoms with van der Waals surface area (Å²) in [7, 11) is 0. The Morgan fingerprint density at radius 2 is 1.53 bits per heavy atom. The van der Waals surface area contributed by atoms with E-state index in [9.17, 15) is 28.8 Å². The maximum absolute atomic E-state index is 15.2. The van der Waals surface area contributed by atoms with Crippen LogP contribution in [0.1, 0.15) is 155 Å². The number of hydrogen-bond acceptors (Lipinski definition) is 12. The number of hydrogen-bond donors (Lipinski definition) is 3. The third-order valence-corrected chi connectivity index (χ3v) is 19.0. The Kier molecular flexibility index (Phi) is 12.7. The van der Waals surface area contributed by atoms with Crippen LogP contribution in [-0.2, 0) is 29.4 Å².